The van der Waals surface area contributed by atoms with Gasteiger partial charge in [0, 0.05) is 24.3 Å². The van der Waals surface area contributed by atoms with Crippen LogP contribution in [-0.2, 0) is 4.79 Å². The highest BCUT2D eigenvalue weighted by Crippen LogP contribution is 2.41. The maximum atomic E-state index is 13.3. The SMILES string of the molecule is CC(=O)N1c2ccc(-c3ccc(C(=O)O)cc3)cc2[C@@H](Nc2ccc(F)cc2)C[C@H]1C. The van der Waals surface area contributed by atoms with E-state index >= 15 is 0 Å². The molecule has 3 aromatic rings. The summed E-state index contributed by atoms with van der Waals surface area (Å²) in [4.78, 5) is 25.3. The fourth-order valence-corrected chi connectivity index (χ4v) is 4.21. The molecule has 1 aliphatic rings. The third-order valence-electron chi connectivity index (χ3n) is 5.67. The average Bonchev–Trinajstić information content (AvgIpc) is 2.75. The minimum Gasteiger partial charge on any atom is -0.478 e. The van der Waals surface area contributed by atoms with Crippen molar-refractivity contribution in [1.82, 2.24) is 0 Å². The van der Waals surface area contributed by atoms with Gasteiger partial charge in [0.05, 0.1) is 11.6 Å². The molecule has 1 aliphatic heterocycles. The van der Waals surface area contributed by atoms with Gasteiger partial charge in [0.25, 0.3) is 0 Å². The van der Waals surface area contributed by atoms with Crippen LogP contribution >= 0.6 is 0 Å². The Morgan fingerprint density at radius 1 is 1.00 bits per heavy atom. The van der Waals surface area contributed by atoms with E-state index in [-0.39, 0.29) is 29.4 Å². The molecular formula is C25H23FN2O3. The van der Waals surface area contributed by atoms with E-state index in [9.17, 15) is 14.0 Å². The third-order valence-corrected chi connectivity index (χ3v) is 5.67. The van der Waals surface area contributed by atoms with Gasteiger partial charge in [-0.2, -0.15) is 0 Å². The number of benzene rings is 3. The van der Waals surface area contributed by atoms with Crippen LogP contribution < -0.4 is 10.2 Å². The molecule has 2 N–H and O–H groups in total. The number of hydrogen-bond donors (Lipinski definition) is 2. The number of nitrogens with one attached hydrogen (secondary N) is 1. The molecule has 0 radical (unpaired) electrons. The second-order valence-corrected chi connectivity index (χ2v) is 7.83. The molecule has 0 saturated heterocycles. The summed E-state index contributed by atoms with van der Waals surface area (Å²) in [5, 5.41) is 12.6. The fourth-order valence-electron chi connectivity index (χ4n) is 4.21. The van der Waals surface area contributed by atoms with Crippen molar-refractivity contribution in [2.45, 2.75) is 32.4 Å². The number of nitrogens with zero attached hydrogens (tertiary/aromatic N) is 1. The number of hydrogen-bond acceptors (Lipinski definition) is 3. The first-order chi connectivity index (χ1) is 14.8. The van der Waals surface area contributed by atoms with Crippen LogP contribution in [-0.4, -0.2) is 23.0 Å². The Morgan fingerprint density at radius 3 is 2.26 bits per heavy atom. The first kappa shape index (κ1) is 20.6. The summed E-state index contributed by atoms with van der Waals surface area (Å²) in [5.41, 5.74) is 4.67. The first-order valence-electron chi connectivity index (χ1n) is 10.1. The largest absolute Gasteiger partial charge is 0.478 e. The summed E-state index contributed by atoms with van der Waals surface area (Å²) in [6, 6.07) is 18.8. The third kappa shape index (κ3) is 4.14. The zero-order valence-corrected chi connectivity index (χ0v) is 17.3. The average molecular weight is 418 g/mol. The molecule has 0 bridgehead atoms. The first-order valence-corrected chi connectivity index (χ1v) is 10.1. The molecule has 0 spiro atoms. The number of rotatable bonds is 4. The van der Waals surface area contributed by atoms with E-state index in [2.05, 4.69) is 5.32 Å². The van der Waals surface area contributed by atoms with Crippen LogP contribution in [0.2, 0.25) is 0 Å². The minimum atomic E-state index is -0.966. The molecule has 0 aromatic heterocycles. The number of aromatic carboxylic acids is 1. The Hall–Kier alpha value is -3.67. The van der Waals surface area contributed by atoms with Crippen LogP contribution in [0.1, 0.15) is 42.2 Å². The van der Waals surface area contributed by atoms with Crippen LogP contribution in [0.5, 0.6) is 0 Å². The highest BCUT2D eigenvalue weighted by atomic mass is 19.1. The van der Waals surface area contributed by atoms with E-state index in [1.165, 1.54) is 12.1 Å². The number of fused-ring (bicyclic) bond motifs is 1. The van der Waals surface area contributed by atoms with Gasteiger partial charge in [-0.25, -0.2) is 9.18 Å². The van der Waals surface area contributed by atoms with E-state index in [1.807, 2.05) is 25.1 Å². The lowest BCUT2D eigenvalue weighted by atomic mass is 9.88. The number of amides is 1. The van der Waals surface area contributed by atoms with Gasteiger partial charge in [0.15, 0.2) is 0 Å². The van der Waals surface area contributed by atoms with Gasteiger partial charge < -0.3 is 15.3 Å². The van der Waals surface area contributed by atoms with Crippen molar-refractivity contribution in [3.05, 3.63) is 83.7 Å². The summed E-state index contributed by atoms with van der Waals surface area (Å²) >= 11 is 0. The van der Waals surface area contributed by atoms with E-state index < -0.39 is 5.97 Å². The summed E-state index contributed by atoms with van der Waals surface area (Å²) in [7, 11) is 0. The molecule has 4 rings (SSSR count). The lowest BCUT2D eigenvalue weighted by molar-refractivity contribution is -0.117. The predicted molar refractivity (Wildman–Crippen MR) is 119 cm³/mol. The van der Waals surface area contributed by atoms with Crippen molar-refractivity contribution in [1.29, 1.82) is 0 Å². The molecule has 1 heterocycles. The number of carboxylic acid groups (broad SMARTS) is 1. The topological polar surface area (TPSA) is 69.6 Å². The van der Waals surface area contributed by atoms with Gasteiger partial charge in [0.1, 0.15) is 5.82 Å². The molecule has 3 aromatic carbocycles. The van der Waals surface area contributed by atoms with Gasteiger partial charge in [-0.05, 0) is 78.6 Å². The molecule has 5 nitrogen and oxygen atoms in total. The predicted octanol–water partition coefficient (Wildman–Crippen LogP) is 5.49. The van der Waals surface area contributed by atoms with E-state index in [0.29, 0.717) is 6.42 Å². The second kappa shape index (κ2) is 8.22. The van der Waals surface area contributed by atoms with Crippen molar-refractivity contribution >= 4 is 23.3 Å². The summed E-state index contributed by atoms with van der Waals surface area (Å²) < 4.78 is 13.3. The Morgan fingerprint density at radius 2 is 1.65 bits per heavy atom. The van der Waals surface area contributed by atoms with Crippen LogP contribution in [0.4, 0.5) is 15.8 Å². The van der Waals surface area contributed by atoms with Crippen LogP contribution in [0.3, 0.4) is 0 Å². The highest BCUT2D eigenvalue weighted by Gasteiger charge is 2.32. The van der Waals surface area contributed by atoms with E-state index in [0.717, 1.165) is 28.1 Å². The molecule has 6 heteroatoms. The lowest BCUT2D eigenvalue weighted by Crippen LogP contribution is -2.43. The van der Waals surface area contributed by atoms with Gasteiger partial charge in [-0.3, -0.25) is 4.79 Å². The van der Waals surface area contributed by atoms with Gasteiger partial charge >= 0.3 is 5.97 Å². The van der Waals surface area contributed by atoms with E-state index in [4.69, 9.17) is 5.11 Å². The quantitative estimate of drug-likeness (QED) is 0.588. The Bertz CT molecular complexity index is 1130. The lowest BCUT2D eigenvalue weighted by Gasteiger charge is -2.39. The Labute approximate surface area is 180 Å². The van der Waals surface area contributed by atoms with Crippen LogP contribution in [0.15, 0.2) is 66.7 Å². The monoisotopic (exact) mass is 418 g/mol. The number of carbonyl (C=O) groups is 2. The molecule has 0 unspecified atom stereocenters. The molecule has 31 heavy (non-hydrogen) atoms. The molecule has 1 amide bonds. The maximum absolute atomic E-state index is 13.3. The van der Waals surface area contributed by atoms with Crippen LogP contribution in [0.25, 0.3) is 11.1 Å². The summed E-state index contributed by atoms with van der Waals surface area (Å²) in [6.45, 7) is 3.58. The molecule has 0 fully saturated rings. The van der Waals surface area contributed by atoms with Crippen molar-refractivity contribution in [2.24, 2.45) is 0 Å². The maximum Gasteiger partial charge on any atom is 0.335 e. The zero-order chi connectivity index (χ0) is 22.1. The second-order valence-electron chi connectivity index (χ2n) is 7.83. The smallest absolute Gasteiger partial charge is 0.335 e. The zero-order valence-electron chi connectivity index (χ0n) is 17.3. The summed E-state index contributed by atoms with van der Waals surface area (Å²) in [5.74, 6) is -1.28. The molecule has 0 saturated carbocycles. The number of halogens is 1. The standard InChI is InChI=1S/C25H23FN2O3/c1-15-13-23(27-21-10-8-20(26)9-11-21)22-14-19(7-12-24(22)28(15)16(2)29)17-3-5-18(6-4-17)25(30)31/h3-12,14-15,23,27H,13H2,1-2H3,(H,30,31)/t15-,23+/m1/s1. The van der Waals surface area contributed by atoms with Crippen molar-refractivity contribution in [3.63, 3.8) is 0 Å². The molecular weight excluding hydrogens is 395 g/mol. The highest BCUT2D eigenvalue weighted by molar-refractivity contribution is 5.94. The number of carboxylic acids is 1. The molecule has 158 valence electrons. The fraction of sp³-hybridized carbons (Fsp3) is 0.200. The van der Waals surface area contributed by atoms with Crippen molar-refractivity contribution in [3.8, 4) is 11.1 Å². The Balaban J connectivity index is 1.75. The van der Waals surface area contributed by atoms with Gasteiger partial charge in [0.2, 0.25) is 5.91 Å². The number of anilines is 2. The molecule has 2 atom stereocenters. The van der Waals surface area contributed by atoms with Crippen LogP contribution in [0, 0.1) is 5.82 Å². The van der Waals surface area contributed by atoms with Crippen molar-refractivity contribution < 1.29 is 19.1 Å². The normalized spacial score (nSPS) is 17.7. The summed E-state index contributed by atoms with van der Waals surface area (Å²) in [6.07, 6.45) is 0.700. The minimum absolute atomic E-state index is 0.00338. The van der Waals surface area contributed by atoms with E-state index in [1.54, 1.807) is 48.2 Å². The Kier molecular flexibility index (Phi) is 5.46. The van der Waals surface area contributed by atoms with Gasteiger partial charge in [-0.1, -0.05) is 18.2 Å². The molecule has 0 aliphatic carbocycles. The van der Waals surface area contributed by atoms with Crippen molar-refractivity contribution in [2.75, 3.05) is 10.2 Å². The van der Waals surface area contributed by atoms with Gasteiger partial charge in [-0.15, -0.1) is 0 Å². The number of carbonyl (C=O) groups excluding carboxylic acids is 1.